The molecule has 2 unspecified atom stereocenters. The first-order valence-electron chi connectivity index (χ1n) is 6.87. The molecule has 3 heteroatoms. The Bertz CT molecular complexity index is 361. The molecule has 0 saturated carbocycles. The summed E-state index contributed by atoms with van der Waals surface area (Å²) in [6.45, 7) is 6.86. The Morgan fingerprint density at radius 3 is 3.00 bits per heavy atom. The predicted molar refractivity (Wildman–Crippen MR) is 74.2 cm³/mol. The molecule has 0 spiro atoms. The molecule has 2 rings (SSSR count). The average Bonchev–Trinajstić information content (AvgIpc) is 2.91. The Balaban J connectivity index is 1.98. The second-order valence-corrected chi connectivity index (χ2v) is 4.90. The van der Waals surface area contributed by atoms with E-state index in [2.05, 4.69) is 25.2 Å². The van der Waals surface area contributed by atoms with Crippen LogP contribution in [-0.4, -0.2) is 25.9 Å². The van der Waals surface area contributed by atoms with Crippen molar-refractivity contribution < 1.29 is 9.47 Å². The molecule has 0 aliphatic carbocycles. The first-order chi connectivity index (χ1) is 8.81. The molecule has 3 nitrogen and oxygen atoms in total. The van der Waals surface area contributed by atoms with Gasteiger partial charge in [0.2, 0.25) is 0 Å². The summed E-state index contributed by atoms with van der Waals surface area (Å²) >= 11 is 0. The molecule has 0 aromatic heterocycles. The summed E-state index contributed by atoms with van der Waals surface area (Å²) in [5.41, 5.74) is 1.09. The second-order valence-electron chi connectivity index (χ2n) is 4.90. The summed E-state index contributed by atoms with van der Waals surface area (Å²) in [5.74, 6) is 1.55. The molecule has 1 aliphatic heterocycles. The number of para-hydroxylation sites is 2. The highest BCUT2D eigenvalue weighted by atomic mass is 16.5. The Labute approximate surface area is 109 Å². The van der Waals surface area contributed by atoms with Crippen LogP contribution in [-0.2, 0) is 4.74 Å². The SMILES string of the molecule is CCCOc1ccccc1NC(C)C1CCOC1. The third-order valence-electron chi connectivity index (χ3n) is 3.40. The lowest BCUT2D eigenvalue weighted by Crippen LogP contribution is -2.26. The van der Waals surface area contributed by atoms with Gasteiger partial charge in [0.05, 0.1) is 18.9 Å². The van der Waals surface area contributed by atoms with E-state index in [0.717, 1.165) is 44.1 Å². The molecule has 1 aromatic carbocycles. The van der Waals surface area contributed by atoms with Gasteiger partial charge in [0.25, 0.3) is 0 Å². The minimum Gasteiger partial charge on any atom is -0.491 e. The zero-order valence-corrected chi connectivity index (χ0v) is 11.3. The molecule has 100 valence electrons. The molecule has 2 atom stereocenters. The summed E-state index contributed by atoms with van der Waals surface area (Å²) in [5, 5.41) is 3.56. The number of benzene rings is 1. The van der Waals surface area contributed by atoms with Crippen molar-refractivity contribution in [1.82, 2.24) is 0 Å². The van der Waals surface area contributed by atoms with E-state index in [0.29, 0.717) is 12.0 Å². The fourth-order valence-electron chi connectivity index (χ4n) is 2.23. The Kier molecular flexibility index (Phi) is 4.88. The number of hydrogen-bond donors (Lipinski definition) is 1. The van der Waals surface area contributed by atoms with E-state index in [4.69, 9.17) is 9.47 Å². The first kappa shape index (κ1) is 13.2. The smallest absolute Gasteiger partial charge is 0.142 e. The fraction of sp³-hybridized carbons (Fsp3) is 0.600. The van der Waals surface area contributed by atoms with E-state index in [1.54, 1.807) is 0 Å². The van der Waals surface area contributed by atoms with Crippen molar-refractivity contribution in [2.24, 2.45) is 5.92 Å². The minimum absolute atomic E-state index is 0.416. The highest BCUT2D eigenvalue weighted by molar-refractivity contribution is 5.56. The van der Waals surface area contributed by atoms with Gasteiger partial charge < -0.3 is 14.8 Å². The maximum Gasteiger partial charge on any atom is 0.142 e. The lowest BCUT2D eigenvalue weighted by Gasteiger charge is -2.22. The van der Waals surface area contributed by atoms with E-state index in [9.17, 15) is 0 Å². The lowest BCUT2D eigenvalue weighted by atomic mass is 10.0. The van der Waals surface area contributed by atoms with Crippen LogP contribution in [0.1, 0.15) is 26.7 Å². The van der Waals surface area contributed by atoms with Crippen LogP contribution in [0.5, 0.6) is 5.75 Å². The van der Waals surface area contributed by atoms with Crippen LogP contribution >= 0.6 is 0 Å². The Morgan fingerprint density at radius 2 is 2.28 bits per heavy atom. The molecule has 1 heterocycles. The van der Waals surface area contributed by atoms with E-state index in [1.807, 2.05) is 18.2 Å². The normalized spacial score (nSPS) is 20.7. The maximum atomic E-state index is 5.76. The molecular formula is C15H23NO2. The van der Waals surface area contributed by atoms with Crippen LogP contribution < -0.4 is 10.1 Å². The Morgan fingerprint density at radius 1 is 1.44 bits per heavy atom. The van der Waals surface area contributed by atoms with Crippen molar-refractivity contribution in [3.8, 4) is 5.75 Å². The van der Waals surface area contributed by atoms with Gasteiger partial charge in [-0.15, -0.1) is 0 Å². The molecule has 1 aliphatic rings. The summed E-state index contributed by atoms with van der Waals surface area (Å²) in [6, 6.07) is 8.57. The van der Waals surface area contributed by atoms with Gasteiger partial charge in [-0.1, -0.05) is 19.1 Å². The summed E-state index contributed by atoms with van der Waals surface area (Å²) in [7, 11) is 0. The standard InChI is InChI=1S/C15H23NO2/c1-3-9-18-15-7-5-4-6-14(15)16-12(2)13-8-10-17-11-13/h4-7,12-13,16H,3,8-11H2,1-2H3. The molecular weight excluding hydrogens is 226 g/mol. The fourth-order valence-corrected chi connectivity index (χ4v) is 2.23. The van der Waals surface area contributed by atoms with Crippen molar-refractivity contribution in [3.63, 3.8) is 0 Å². The second kappa shape index (κ2) is 6.64. The largest absolute Gasteiger partial charge is 0.491 e. The quantitative estimate of drug-likeness (QED) is 0.839. The molecule has 0 amide bonds. The summed E-state index contributed by atoms with van der Waals surface area (Å²) in [6.07, 6.45) is 2.17. The summed E-state index contributed by atoms with van der Waals surface area (Å²) in [4.78, 5) is 0. The van der Waals surface area contributed by atoms with Crippen LogP contribution in [0, 0.1) is 5.92 Å². The van der Waals surface area contributed by atoms with Crippen molar-refractivity contribution in [2.45, 2.75) is 32.7 Å². The molecule has 1 fully saturated rings. The predicted octanol–water partition coefficient (Wildman–Crippen LogP) is 3.31. The van der Waals surface area contributed by atoms with Crippen LogP contribution in [0.2, 0.25) is 0 Å². The number of nitrogens with one attached hydrogen (secondary N) is 1. The van der Waals surface area contributed by atoms with Gasteiger partial charge >= 0.3 is 0 Å². The average molecular weight is 249 g/mol. The van der Waals surface area contributed by atoms with Gasteiger partial charge in [-0.2, -0.15) is 0 Å². The zero-order chi connectivity index (χ0) is 12.8. The molecule has 0 radical (unpaired) electrons. The van der Waals surface area contributed by atoms with E-state index in [1.165, 1.54) is 0 Å². The van der Waals surface area contributed by atoms with E-state index in [-0.39, 0.29) is 0 Å². The van der Waals surface area contributed by atoms with Crippen molar-refractivity contribution in [1.29, 1.82) is 0 Å². The van der Waals surface area contributed by atoms with Crippen LogP contribution in [0.3, 0.4) is 0 Å². The van der Waals surface area contributed by atoms with Crippen molar-refractivity contribution in [2.75, 3.05) is 25.1 Å². The minimum atomic E-state index is 0.416. The van der Waals surface area contributed by atoms with Crippen LogP contribution in [0.25, 0.3) is 0 Å². The monoisotopic (exact) mass is 249 g/mol. The van der Waals surface area contributed by atoms with E-state index < -0.39 is 0 Å². The molecule has 1 saturated heterocycles. The van der Waals surface area contributed by atoms with Crippen molar-refractivity contribution >= 4 is 5.69 Å². The number of ether oxygens (including phenoxy) is 2. The van der Waals surface area contributed by atoms with Crippen LogP contribution in [0.4, 0.5) is 5.69 Å². The zero-order valence-electron chi connectivity index (χ0n) is 11.3. The van der Waals surface area contributed by atoms with Crippen LogP contribution in [0.15, 0.2) is 24.3 Å². The van der Waals surface area contributed by atoms with E-state index >= 15 is 0 Å². The molecule has 1 aromatic rings. The van der Waals surface area contributed by atoms with Gasteiger partial charge in [0.15, 0.2) is 0 Å². The third kappa shape index (κ3) is 3.39. The van der Waals surface area contributed by atoms with Gasteiger partial charge in [0.1, 0.15) is 5.75 Å². The topological polar surface area (TPSA) is 30.5 Å². The highest BCUT2D eigenvalue weighted by Gasteiger charge is 2.22. The highest BCUT2D eigenvalue weighted by Crippen LogP contribution is 2.27. The molecule has 0 bridgehead atoms. The van der Waals surface area contributed by atoms with Crippen molar-refractivity contribution in [3.05, 3.63) is 24.3 Å². The molecule has 18 heavy (non-hydrogen) atoms. The number of hydrogen-bond acceptors (Lipinski definition) is 3. The van der Waals surface area contributed by atoms with Gasteiger partial charge in [-0.3, -0.25) is 0 Å². The van der Waals surface area contributed by atoms with Gasteiger partial charge in [-0.05, 0) is 31.9 Å². The number of anilines is 1. The lowest BCUT2D eigenvalue weighted by molar-refractivity contribution is 0.183. The Hall–Kier alpha value is -1.22. The van der Waals surface area contributed by atoms with Gasteiger partial charge in [0, 0.05) is 18.6 Å². The number of rotatable bonds is 6. The maximum absolute atomic E-state index is 5.76. The van der Waals surface area contributed by atoms with Gasteiger partial charge in [-0.25, -0.2) is 0 Å². The molecule has 1 N–H and O–H groups in total. The summed E-state index contributed by atoms with van der Waals surface area (Å²) < 4.78 is 11.2. The first-order valence-corrected chi connectivity index (χ1v) is 6.87. The third-order valence-corrected chi connectivity index (χ3v) is 3.40.